The first-order valence-electron chi connectivity index (χ1n) is 27.0. The maximum atomic E-state index is 12.7. The Hall–Kier alpha value is -1.28. The van der Waals surface area contributed by atoms with E-state index in [0.29, 0.717) is 13.0 Å². The van der Waals surface area contributed by atoms with E-state index >= 15 is 0 Å². The molecule has 0 spiro atoms. The van der Waals surface area contributed by atoms with Gasteiger partial charge in [0.15, 0.2) is 0 Å². The molecule has 0 aromatic heterocycles. The molecule has 63 heavy (non-hydrogen) atoms. The number of phosphoric acid groups is 1. The average molecular weight is 910 g/mol. The van der Waals surface area contributed by atoms with Gasteiger partial charge >= 0.3 is 13.8 Å². The fourth-order valence-corrected chi connectivity index (χ4v) is 8.60. The van der Waals surface area contributed by atoms with Crippen LogP contribution in [0.25, 0.3) is 0 Å². The van der Waals surface area contributed by atoms with Crippen molar-refractivity contribution in [1.29, 1.82) is 0 Å². The molecule has 0 aliphatic heterocycles. The summed E-state index contributed by atoms with van der Waals surface area (Å²) in [5.41, 5.74) is 5.39. The molecule has 2 unspecified atom stereocenters. The van der Waals surface area contributed by atoms with Crippen molar-refractivity contribution in [3.05, 3.63) is 36.5 Å². The van der Waals surface area contributed by atoms with Crippen molar-refractivity contribution in [2.45, 2.75) is 270 Å². The molecule has 0 aromatic carbocycles. The summed E-state index contributed by atoms with van der Waals surface area (Å²) in [5, 5.41) is 0. The van der Waals surface area contributed by atoms with E-state index in [2.05, 4.69) is 50.3 Å². The molecule has 0 radical (unpaired) electrons. The normalized spacial score (nSPS) is 13.5. The number of carbonyl (C=O) groups is 1. The zero-order valence-corrected chi connectivity index (χ0v) is 42.5. The number of unbranched alkanes of at least 4 members (excludes halogenated alkanes) is 33. The highest BCUT2D eigenvalue weighted by Crippen LogP contribution is 2.43. The number of rotatable bonds is 52. The fraction of sp³-hybridized carbons (Fsp3) is 0.870. The van der Waals surface area contributed by atoms with Gasteiger partial charge in [-0.1, -0.05) is 243 Å². The number of ether oxygens (including phenoxy) is 2. The van der Waals surface area contributed by atoms with E-state index in [4.69, 9.17) is 24.3 Å². The zero-order chi connectivity index (χ0) is 45.8. The summed E-state index contributed by atoms with van der Waals surface area (Å²) in [4.78, 5) is 22.6. The summed E-state index contributed by atoms with van der Waals surface area (Å²) >= 11 is 0. The molecule has 0 aliphatic carbocycles. The monoisotopic (exact) mass is 910 g/mol. The molecule has 0 saturated carbocycles. The van der Waals surface area contributed by atoms with Crippen LogP contribution in [0.1, 0.15) is 264 Å². The maximum Gasteiger partial charge on any atom is 0.472 e. The lowest BCUT2D eigenvalue weighted by atomic mass is 10.0. The van der Waals surface area contributed by atoms with Crippen LogP contribution in [0.2, 0.25) is 0 Å². The summed E-state index contributed by atoms with van der Waals surface area (Å²) in [6.07, 6.45) is 61.8. The first-order chi connectivity index (χ1) is 30.9. The Balaban J connectivity index is 3.91. The number of nitrogens with two attached hydrogens (primary N) is 1. The third kappa shape index (κ3) is 51.6. The summed E-state index contributed by atoms with van der Waals surface area (Å²) in [6, 6.07) is 0. The van der Waals surface area contributed by atoms with Gasteiger partial charge in [-0.15, -0.1) is 0 Å². The summed E-state index contributed by atoms with van der Waals surface area (Å²) in [7, 11) is -4.28. The van der Waals surface area contributed by atoms with Crippen LogP contribution in [0.3, 0.4) is 0 Å². The van der Waals surface area contributed by atoms with Gasteiger partial charge < -0.3 is 20.1 Å². The summed E-state index contributed by atoms with van der Waals surface area (Å²) in [5.74, 6) is -0.327. The minimum Gasteiger partial charge on any atom is -0.457 e. The largest absolute Gasteiger partial charge is 0.472 e. The molecule has 0 aliphatic rings. The van der Waals surface area contributed by atoms with Gasteiger partial charge in [0.1, 0.15) is 6.10 Å². The van der Waals surface area contributed by atoms with Crippen LogP contribution < -0.4 is 5.73 Å². The molecule has 0 saturated heterocycles. The third-order valence-corrected chi connectivity index (χ3v) is 12.8. The molecule has 0 fully saturated rings. The van der Waals surface area contributed by atoms with E-state index in [0.717, 1.165) is 44.9 Å². The number of phosphoric ester groups is 1. The first kappa shape index (κ1) is 61.7. The summed E-state index contributed by atoms with van der Waals surface area (Å²) < 4.78 is 33.6. The lowest BCUT2D eigenvalue weighted by molar-refractivity contribution is -0.154. The van der Waals surface area contributed by atoms with E-state index in [1.165, 1.54) is 199 Å². The standard InChI is InChI=1S/C54H104NO7P/c1-3-5-7-9-11-13-15-17-19-21-23-25-26-27-28-30-32-34-36-38-40-42-44-46-49-59-51-53(52-61-63(57,58)60-50-48-55)62-54(56)47-45-43-41-39-37-35-33-31-29-24-22-20-18-16-14-12-10-8-6-4-2/h15,17,21,23,26-27,53H,3-14,16,18-20,22,24-25,28-52,55H2,1-2H3,(H,57,58)/b17-15-,23-21-,27-26-. The Labute approximate surface area is 390 Å². The van der Waals surface area contributed by atoms with Crippen LogP contribution in [0, 0.1) is 0 Å². The van der Waals surface area contributed by atoms with Crippen LogP contribution in [0.15, 0.2) is 36.5 Å². The molecular formula is C54H104NO7P. The Morgan fingerprint density at radius 1 is 0.476 bits per heavy atom. The molecule has 0 aromatic rings. The minimum absolute atomic E-state index is 0.0952. The van der Waals surface area contributed by atoms with Gasteiger partial charge in [-0.25, -0.2) is 4.57 Å². The topological polar surface area (TPSA) is 117 Å². The Morgan fingerprint density at radius 2 is 0.841 bits per heavy atom. The van der Waals surface area contributed by atoms with Crippen LogP contribution in [-0.4, -0.2) is 49.9 Å². The van der Waals surface area contributed by atoms with Crippen molar-refractivity contribution in [1.82, 2.24) is 0 Å². The van der Waals surface area contributed by atoms with Crippen molar-refractivity contribution < 1.29 is 32.8 Å². The van der Waals surface area contributed by atoms with E-state index < -0.39 is 13.9 Å². The maximum absolute atomic E-state index is 12.7. The highest BCUT2D eigenvalue weighted by molar-refractivity contribution is 7.47. The van der Waals surface area contributed by atoms with Crippen LogP contribution in [0.4, 0.5) is 0 Å². The second kappa shape index (κ2) is 51.7. The van der Waals surface area contributed by atoms with Crippen molar-refractivity contribution in [3.8, 4) is 0 Å². The number of hydrogen-bond donors (Lipinski definition) is 2. The van der Waals surface area contributed by atoms with Gasteiger partial charge in [0.05, 0.1) is 19.8 Å². The van der Waals surface area contributed by atoms with E-state index in [1.54, 1.807) is 0 Å². The molecule has 3 N–H and O–H groups in total. The van der Waals surface area contributed by atoms with Crippen molar-refractivity contribution in [2.75, 3.05) is 33.0 Å². The number of allylic oxidation sites excluding steroid dienone is 6. The Morgan fingerprint density at radius 3 is 1.25 bits per heavy atom. The molecule has 0 rings (SSSR count). The summed E-state index contributed by atoms with van der Waals surface area (Å²) in [6.45, 7) is 4.95. The molecule has 0 heterocycles. The highest BCUT2D eigenvalue weighted by Gasteiger charge is 2.25. The van der Waals surface area contributed by atoms with E-state index in [1.807, 2.05) is 0 Å². The van der Waals surface area contributed by atoms with Crippen LogP contribution in [0.5, 0.6) is 0 Å². The molecule has 9 heteroatoms. The number of carbonyl (C=O) groups excluding carboxylic acids is 1. The first-order valence-corrected chi connectivity index (χ1v) is 28.5. The average Bonchev–Trinajstić information content (AvgIpc) is 3.28. The molecule has 0 bridgehead atoms. The van der Waals surface area contributed by atoms with Gasteiger partial charge in [-0.05, 0) is 51.4 Å². The predicted molar refractivity (Wildman–Crippen MR) is 270 cm³/mol. The molecular weight excluding hydrogens is 806 g/mol. The third-order valence-electron chi connectivity index (χ3n) is 11.8. The van der Waals surface area contributed by atoms with Crippen molar-refractivity contribution >= 4 is 13.8 Å². The number of esters is 1. The van der Waals surface area contributed by atoms with Gasteiger partial charge in [0.25, 0.3) is 0 Å². The van der Waals surface area contributed by atoms with Gasteiger partial charge in [-0.2, -0.15) is 0 Å². The van der Waals surface area contributed by atoms with Gasteiger partial charge in [0.2, 0.25) is 0 Å². The van der Waals surface area contributed by atoms with Crippen LogP contribution in [-0.2, 0) is 27.9 Å². The van der Waals surface area contributed by atoms with Crippen molar-refractivity contribution in [2.24, 2.45) is 5.73 Å². The SMILES string of the molecule is CCCCCCC/C=C\C/C=C\C/C=C\CCCCCCCCCCCOCC(COP(=O)(O)OCCN)OC(=O)CCCCCCCCCCCCCCCCCCCCCC. The second-order valence-corrected chi connectivity index (χ2v) is 19.6. The lowest BCUT2D eigenvalue weighted by Gasteiger charge is -2.20. The zero-order valence-electron chi connectivity index (χ0n) is 41.6. The number of hydrogen-bond acceptors (Lipinski definition) is 7. The smallest absolute Gasteiger partial charge is 0.457 e. The van der Waals surface area contributed by atoms with E-state index in [-0.39, 0.29) is 32.3 Å². The lowest BCUT2D eigenvalue weighted by Crippen LogP contribution is -2.28. The van der Waals surface area contributed by atoms with E-state index in [9.17, 15) is 14.3 Å². The molecule has 2 atom stereocenters. The van der Waals surface area contributed by atoms with Gasteiger partial charge in [-0.3, -0.25) is 13.8 Å². The quantitative estimate of drug-likeness (QED) is 0.0268. The van der Waals surface area contributed by atoms with Gasteiger partial charge in [0, 0.05) is 19.6 Å². The highest BCUT2D eigenvalue weighted by atomic mass is 31.2. The molecule has 0 amide bonds. The predicted octanol–water partition coefficient (Wildman–Crippen LogP) is 16.9. The Kier molecular flexibility index (Phi) is 50.7. The van der Waals surface area contributed by atoms with Crippen LogP contribution >= 0.6 is 7.82 Å². The second-order valence-electron chi connectivity index (χ2n) is 18.1. The Bertz CT molecular complexity index is 1070. The molecule has 8 nitrogen and oxygen atoms in total. The minimum atomic E-state index is -4.28. The van der Waals surface area contributed by atoms with Crippen molar-refractivity contribution in [3.63, 3.8) is 0 Å². The molecule has 372 valence electrons. The fourth-order valence-electron chi connectivity index (χ4n) is 7.83.